The van der Waals surface area contributed by atoms with E-state index in [2.05, 4.69) is 10.3 Å². The van der Waals surface area contributed by atoms with Crippen LogP contribution in [0.5, 0.6) is 0 Å². The minimum atomic E-state index is -0.607. The number of rotatable bonds is 9. The first-order valence-corrected chi connectivity index (χ1v) is 8.04. The highest BCUT2D eigenvalue weighted by Gasteiger charge is 2.30. The monoisotopic (exact) mass is 295 g/mol. The summed E-state index contributed by atoms with van der Waals surface area (Å²) in [5.74, 6) is 0.733. The van der Waals surface area contributed by atoms with Crippen LogP contribution in [0.4, 0.5) is 0 Å². The second kappa shape index (κ2) is 8.27. The molecule has 0 fully saturated rings. The van der Waals surface area contributed by atoms with Crippen LogP contribution in [0.2, 0.25) is 0 Å². The average Bonchev–Trinajstić information content (AvgIpc) is 2.38. The van der Waals surface area contributed by atoms with Crippen molar-refractivity contribution in [2.45, 2.75) is 56.6 Å². The Hall–Kier alpha value is -1.07. The normalized spacial score (nSPS) is 14.2. The SMILES string of the molecule is CC(C)NC(C)(CCCCSc1ccccn1)C(N)=O. The van der Waals surface area contributed by atoms with Crippen LogP contribution >= 0.6 is 11.8 Å². The number of carbonyl (C=O) groups is 1. The molecule has 1 heterocycles. The maximum absolute atomic E-state index is 11.6. The molecule has 0 radical (unpaired) electrons. The second-order valence-electron chi connectivity index (χ2n) is 5.47. The summed E-state index contributed by atoms with van der Waals surface area (Å²) in [6, 6.07) is 6.17. The third kappa shape index (κ3) is 5.92. The zero-order chi connectivity index (χ0) is 15.0. The molecule has 4 nitrogen and oxygen atoms in total. The highest BCUT2D eigenvalue weighted by Crippen LogP contribution is 2.19. The second-order valence-corrected chi connectivity index (χ2v) is 6.58. The van der Waals surface area contributed by atoms with E-state index >= 15 is 0 Å². The van der Waals surface area contributed by atoms with Crippen molar-refractivity contribution in [3.8, 4) is 0 Å². The predicted octanol–water partition coefficient (Wildman–Crippen LogP) is 2.59. The molecule has 0 saturated carbocycles. The molecule has 1 atom stereocenters. The highest BCUT2D eigenvalue weighted by molar-refractivity contribution is 7.99. The first-order chi connectivity index (χ1) is 9.44. The van der Waals surface area contributed by atoms with Gasteiger partial charge in [-0.05, 0) is 51.5 Å². The van der Waals surface area contributed by atoms with Gasteiger partial charge in [0, 0.05) is 12.2 Å². The molecule has 1 aromatic heterocycles. The van der Waals surface area contributed by atoms with E-state index in [0.29, 0.717) is 0 Å². The smallest absolute Gasteiger partial charge is 0.237 e. The van der Waals surface area contributed by atoms with Crippen molar-refractivity contribution >= 4 is 17.7 Å². The molecule has 1 aromatic rings. The van der Waals surface area contributed by atoms with E-state index in [9.17, 15) is 4.79 Å². The van der Waals surface area contributed by atoms with Crippen LogP contribution < -0.4 is 11.1 Å². The molecule has 20 heavy (non-hydrogen) atoms. The number of hydrogen-bond acceptors (Lipinski definition) is 4. The van der Waals surface area contributed by atoms with Gasteiger partial charge in [0.05, 0.1) is 10.6 Å². The number of aromatic nitrogens is 1. The number of unbranched alkanes of at least 4 members (excludes halogenated alkanes) is 1. The molecule has 3 N–H and O–H groups in total. The Morgan fingerprint density at radius 2 is 2.20 bits per heavy atom. The van der Waals surface area contributed by atoms with Crippen molar-refractivity contribution in [2.24, 2.45) is 5.73 Å². The van der Waals surface area contributed by atoms with Crippen LogP contribution in [-0.4, -0.2) is 28.2 Å². The quantitative estimate of drug-likeness (QED) is 0.543. The van der Waals surface area contributed by atoms with Gasteiger partial charge in [-0.2, -0.15) is 0 Å². The van der Waals surface area contributed by atoms with E-state index in [4.69, 9.17) is 5.73 Å². The van der Waals surface area contributed by atoms with Gasteiger partial charge in [-0.3, -0.25) is 4.79 Å². The van der Waals surface area contributed by atoms with E-state index < -0.39 is 5.54 Å². The number of pyridine rings is 1. The Labute approximate surface area is 125 Å². The summed E-state index contributed by atoms with van der Waals surface area (Å²) in [4.78, 5) is 15.9. The van der Waals surface area contributed by atoms with Gasteiger partial charge in [-0.25, -0.2) is 4.98 Å². The van der Waals surface area contributed by atoms with Gasteiger partial charge >= 0.3 is 0 Å². The molecule has 1 rings (SSSR count). The Kier molecular flexibility index (Phi) is 7.02. The Morgan fingerprint density at radius 1 is 1.45 bits per heavy atom. The molecule has 0 aromatic carbocycles. The number of hydrogen-bond donors (Lipinski definition) is 2. The molecule has 0 saturated heterocycles. The summed E-state index contributed by atoms with van der Waals surface area (Å²) in [5.41, 5.74) is 4.90. The molecular formula is C15H25N3OS. The third-order valence-electron chi connectivity index (χ3n) is 3.11. The van der Waals surface area contributed by atoms with E-state index in [1.165, 1.54) is 0 Å². The van der Waals surface area contributed by atoms with Crippen molar-refractivity contribution in [2.75, 3.05) is 5.75 Å². The van der Waals surface area contributed by atoms with Gasteiger partial charge in [-0.15, -0.1) is 11.8 Å². The molecular weight excluding hydrogens is 270 g/mol. The van der Waals surface area contributed by atoms with E-state index in [1.54, 1.807) is 18.0 Å². The van der Waals surface area contributed by atoms with E-state index in [1.807, 2.05) is 39.0 Å². The Balaban J connectivity index is 2.29. The predicted molar refractivity (Wildman–Crippen MR) is 84.7 cm³/mol. The third-order valence-corrected chi connectivity index (χ3v) is 4.14. The van der Waals surface area contributed by atoms with Gasteiger partial charge in [0.2, 0.25) is 5.91 Å². The average molecular weight is 295 g/mol. The van der Waals surface area contributed by atoms with Gasteiger partial charge in [0.25, 0.3) is 0 Å². The fourth-order valence-corrected chi connectivity index (χ4v) is 2.96. The molecule has 0 aliphatic carbocycles. The summed E-state index contributed by atoms with van der Waals surface area (Å²) in [6.45, 7) is 5.94. The lowest BCUT2D eigenvalue weighted by Gasteiger charge is -2.29. The number of amides is 1. The minimum absolute atomic E-state index is 0.246. The first kappa shape index (κ1) is 17.0. The van der Waals surface area contributed by atoms with Gasteiger partial charge in [-0.1, -0.05) is 12.5 Å². The van der Waals surface area contributed by atoms with Crippen LogP contribution in [0.25, 0.3) is 0 Å². The number of primary amides is 1. The lowest BCUT2D eigenvalue weighted by molar-refractivity contribution is -0.124. The number of carbonyl (C=O) groups excluding carboxylic acids is 1. The van der Waals surface area contributed by atoms with Crippen molar-refractivity contribution in [3.05, 3.63) is 24.4 Å². The molecule has 5 heteroatoms. The fraction of sp³-hybridized carbons (Fsp3) is 0.600. The molecule has 112 valence electrons. The minimum Gasteiger partial charge on any atom is -0.368 e. The fourth-order valence-electron chi connectivity index (χ4n) is 2.09. The number of nitrogens with two attached hydrogens (primary N) is 1. The molecule has 1 unspecified atom stereocenters. The molecule has 0 aliphatic rings. The Morgan fingerprint density at radius 3 is 2.75 bits per heavy atom. The lowest BCUT2D eigenvalue weighted by Crippen LogP contribution is -2.55. The van der Waals surface area contributed by atoms with E-state index in [0.717, 1.165) is 30.0 Å². The lowest BCUT2D eigenvalue weighted by atomic mass is 9.93. The van der Waals surface area contributed by atoms with Gasteiger partial charge in [0.1, 0.15) is 0 Å². The maximum Gasteiger partial charge on any atom is 0.237 e. The van der Waals surface area contributed by atoms with Crippen LogP contribution in [-0.2, 0) is 4.79 Å². The van der Waals surface area contributed by atoms with Crippen LogP contribution in [0, 0.1) is 0 Å². The molecule has 0 spiro atoms. The van der Waals surface area contributed by atoms with Crippen LogP contribution in [0.3, 0.4) is 0 Å². The van der Waals surface area contributed by atoms with E-state index in [-0.39, 0.29) is 11.9 Å². The highest BCUT2D eigenvalue weighted by atomic mass is 32.2. The zero-order valence-electron chi connectivity index (χ0n) is 12.6. The summed E-state index contributed by atoms with van der Waals surface area (Å²) in [5, 5.41) is 4.32. The summed E-state index contributed by atoms with van der Waals surface area (Å²) >= 11 is 1.75. The summed E-state index contributed by atoms with van der Waals surface area (Å²) in [7, 11) is 0. The topological polar surface area (TPSA) is 68.0 Å². The van der Waals surface area contributed by atoms with Gasteiger partial charge < -0.3 is 11.1 Å². The molecule has 0 aliphatic heterocycles. The summed E-state index contributed by atoms with van der Waals surface area (Å²) < 4.78 is 0. The largest absolute Gasteiger partial charge is 0.368 e. The summed E-state index contributed by atoms with van der Waals surface area (Å²) in [6.07, 6.45) is 4.59. The van der Waals surface area contributed by atoms with Crippen molar-refractivity contribution in [3.63, 3.8) is 0 Å². The van der Waals surface area contributed by atoms with Crippen LogP contribution in [0.1, 0.15) is 40.0 Å². The van der Waals surface area contributed by atoms with Crippen LogP contribution in [0.15, 0.2) is 29.4 Å². The molecule has 1 amide bonds. The maximum atomic E-state index is 11.6. The standard InChI is InChI=1S/C15H25N3OS/c1-12(2)18-15(3,14(16)19)9-5-7-11-20-13-8-4-6-10-17-13/h4,6,8,10,12,18H,5,7,9,11H2,1-3H3,(H2,16,19). The number of nitrogens with zero attached hydrogens (tertiary/aromatic N) is 1. The molecule has 0 bridgehead atoms. The van der Waals surface area contributed by atoms with Gasteiger partial charge in [0.15, 0.2) is 0 Å². The zero-order valence-corrected chi connectivity index (χ0v) is 13.4. The Bertz CT molecular complexity index is 411. The van der Waals surface area contributed by atoms with Crippen molar-refractivity contribution < 1.29 is 4.79 Å². The first-order valence-electron chi connectivity index (χ1n) is 7.05. The van der Waals surface area contributed by atoms with Crippen molar-refractivity contribution in [1.29, 1.82) is 0 Å². The number of thioether (sulfide) groups is 1. The number of nitrogens with one attached hydrogen (secondary N) is 1. The van der Waals surface area contributed by atoms with Crippen molar-refractivity contribution in [1.82, 2.24) is 10.3 Å².